The molecule has 106 valence electrons. The van der Waals surface area contributed by atoms with Gasteiger partial charge in [-0.05, 0) is 30.4 Å². The molecule has 0 radical (unpaired) electrons. The fourth-order valence-electron chi connectivity index (χ4n) is 2.21. The van der Waals surface area contributed by atoms with E-state index in [9.17, 15) is 18.0 Å². The third kappa shape index (κ3) is 2.08. The largest absolute Gasteiger partial charge is 0.419 e. The van der Waals surface area contributed by atoms with Gasteiger partial charge in [0.15, 0.2) is 11.4 Å². The van der Waals surface area contributed by atoms with Gasteiger partial charge in [0.25, 0.3) is 0 Å². The van der Waals surface area contributed by atoms with Crippen LogP contribution < -0.4 is 0 Å². The summed E-state index contributed by atoms with van der Waals surface area (Å²) < 4.78 is 40.6. The zero-order chi connectivity index (χ0) is 14.7. The Morgan fingerprint density at radius 3 is 2.60 bits per heavy atom. The molecule has 0 aliphatic heterocycles. The summed E-state index contributed by atoms with van der Waals surface area (Å²) in [5, 5.41) is -0.0690. The predicted octanol–water partition coefficient (Wildman–Crippen LogP) is 4.09. The highest BCUT2D eigenvalue weighted by Gasteiger charge is 2.37. The van der Waals surface area contributed by atoms with Crippen LogP contribution in [0.3, 0.4) is 0 Å². The van der Waals surface area contributed by atoms with Crippen LogP contribution in [0.1, 0.15) is 47.3 Å². The van der Waals surface area contributed by atoms with Crippen LogP contribution in [0, 0.1) is 0 Å². The van der Waals surface area contributed by atoms with Gasteiger partial charge in [-0.25, -0.2) is 4.98 Å². The summed E-state index contributed by atoms with van der Waals surface area (Å²) in [6, 6.07) is 1.11. The van der Waals surface area contributed by atoms with E-state index in [1.807, 2.05) is 0 Å². The van der Waals surface area contributed by atoms with Crippen molar-refractivity contribution in [3.05, 3.63) is 34.2 Å². The molecule has 0 saturated heterocycles. The molecular weight excluding hydrogens is 293 g/mol. The Hall–Kier alpha value is -1.56. The maximum Gasteiger partial charge on any atom is 0.419 e. The summed E-state index contributed by atoms with van der Waals surface area (Å²) in [6.45, 7) is 1.22. The second-order valence-electron chi connectivity index (χ2n) is 4.96. The van der Waals surface area contributed by atoms with Crippen molar-refractivity contribution in [1.82, 2.24) is 9.38 Å². The highest BCUT2D eigenvalue weighted by Crippen LogP contribution is 2.43. The van der Waals surface area contributed by atoms with Crippen LogP contribution in [0.5, 0.6) is 0 Å². The van der Waals surface area contributed by atoms with Gasteiger partial charge < -0.3 is 0 Å². The number of nitrogens with zero attached hydrogens (tertiary/aromatic N) is 2. The molecule has 1 saturated carbocycles. The number of Topliss-reactive ketones (excluding diaryl/α,β-unsaturated/α-hetero) is 1. The van der Waals surface area contributed by atoms with Crippen LogP contribution in [0.25, 0.3) is 5.65 Å². The molecule has 1 aliphatic rings. The molecule has 20 heavy (non-hydrogen) atoms. The van der Waals surface area contributed by atoms with E-state index < -0.39 is 17.5 Å². The van der Waals surface area contributed by atoms with Gasteiger partial charge in [0.05, 0.1) is 5.56 Å². The minimum absolute atomic E-state index is 0.0690. The zero-order valence-electron chi connectivity index (χ0n) is 10.5. The number of fused-ring (bicyclic) bond motifs is 1. The molecule has 3 nitrogen and oxygen atoms in total. The van der Waals surface area contributed by atoms with Crippen LogP contribution in [0.4, 0.5) is 13.2 Å². The number of alkyl halides is 3. The zero-order valence-corrected chi connectivity index (χ0v) is 11.2. The average Bonchev–Trinajstić information content (AvgIpc) is 3.12. The van der Waals surface area contributed by atoms with Crippen molar-refractivity contribution in [3.8, 4) is 0 Å². The van der Waals surface area contributed by atoms with Gasteiger partial charge in [-0.1, -0.05) is 11.6 Å². The number of hydrogen-bond acceptors (Lipinski definition) is 2. The summed E-state index contributed by atoms with van der Waals surface area (Å²) in [4.78, 5) is 15.1. The highest BCUT2D eigenvalue weighted by atomic mass is 35.5. The fraction of sp³-hybridized carbons (Fsp3) is 0.385. The number of carbonyl (C=O) groups excluding carboxylic acids is 1. The van der Waals surface area contributed by atoms with Gasteiger partial charge >= 0.3 is 6.18 Å². The Morgan fingerprint density at radius 2 is 2.10 bits per heavy atom. The van der Waals surface area contributed by atoms with E-state index in [1.165, 1.54) is 6.92 Å². The first-order valence-electron chi connectivity index (χ1n) is 6.08. The van der Waals surface area contributed by atoms with E-state index >= 15 is 0 Å². The van der Waals surface area contributed by atoms with E-state index in [4.69, 9.17) is 11.6 Å². The SMILES string of the molecule is CC(=O)c1nc2c(C(F)(F)F)cc(C3CC3)cn2c1Cl. The van der Waals surface area contributed by atoms with Gasteiger partial charge in [0.2, 0.25) is 0 Å². The molecule has 0 amide bonds. The number of ketones is 1. The first-order valence-corrected chi connectivity index (χ1v) is 6.46. The monoisotopic (exact) mass is 302 g/mol. The molecule has 0 spiro atoms. The maximum atomic E-state index is 13.1. The molecule has 2 aromatic heterocycles. The molecule has 2 aromatic rings. The second kappa shape index (κ2) is 4.22. The second-order valence-corrected chi connectivity index (χ2v) is 5.32. The Morgan fingerprint density at radius 1 is 1.45 bits per heavy atom. The first-order chi connectivity index (χ1) is 9.29. The van der Waals surface area contributed by atoms with Gasteiger partial charge in [-0.3, -0.25) is 9.20 Å². The third-order valence-corrected chi connectivity index (χ3v) is 3.73. The van der Waals surface area contributed by atoms with Crippen LogP contribution in [-0.2, 0) is 6.18 Å². The lowest BCUT2D eigenvalue weighted by Crippen LogP contribution is -2.09. The lowest BCUT2D eigenvalue weighted by atomic mass is 10.1. The molecule has 0 N–H and O–H groups in total. The number of pyridine rings is 1. The maximum absolute atomic E-state index is 13.1. The number of halogens is 4. The number of aromatic nitrogens is 2. The fourth-order valence-corrected chi connectivity index (χ4v) is 2.52. The standard InChI is InChI=1S/C13H10ClF3N2O/c1-6(20)10-11(14)19-5-8(7-2-3-7)4-9(12(19)18-10)13(15,16)17/h4-5,7H,2-3H2,1H3. The van der Waals surface area contributed by atoms with Crippen molar-refractivity contribution in [2.75, 3.05) is 0 Å². The Labute approximate surface area is 117 Å². The van der Waals surface area contributed by atoms with Crippen molar-refractivity contribution < 1.29 is 18.0 Å². The van der Waals surface area contributed by atoms with Crippen LogP contribution in [0.15, 0.2) is 12.3 Å². The van der Waals surface area contributed by atoms with Gasteiger partial charge in [-0.15, -0.1) is 0 Å². The van der Waals surface area contributed by atoms with Crippen molar-refractivity contribution in [3.63, 3.8) is 0 Å². The van der Waals surface area contributed by atoms with Gasteiger partial charge in [0.1, 0.15) is 10.8 Å². The van der Waals surface area contributed by atoms with Crippen molar-refractivity contribution in [1.29, 1.82) is 0 Å². The average molecular weight is 303 g/mol. The van der Waals surface area contributed by atoms with E-state index in [-0.39, 0.29) is 22.4 Å². The lowest BCUT2D eigenvalue weighted by molar-refractivity contribution is -0.136. The topological polar surface area (TPSA) is 34.4 Å². The summed E-state index contributed by atoms with van der Waals surface area (Å²) >= 11 is 5.98. The van der Waals surface area contributed by atoms with E-state index in [1.54, 1.807) is 6.20 Å². The minimum Gasteiger partial charge on any atom is -0.293 e. The van der Waals surface area contributed by atoms with E-state index in [0.29, 0.717) is 5.56 Å². The number of imidazole rings is 1. The predicted molar refractivity (Wildman–Crippen MR) is 67.2 cm³/mol. The Bertz CT molecular complexity index is 716. The van der Waals surface area contributed by atoms with Crippen molar-refractivity contribution in [2.45, 2.75) is 31.9 Å². The molecule has 1 fully saturated rings. The van der Waals surface area contributed by atoms with E-state index in [0.717, 1.165) is 23.3 Å². The van der Waals surface area contributed by atoms with E-state index in [2.05, 4.69) is 4.98 Å². The summed E-state index contributed by atoms with van der Waals surface area (Å²) in [6.07, 6.45) is -1.25. The smallest absolute Gasteiger partial charge is 0.293 e. The van der Waals surface area contributed by atoms with Crippen molar-refractivity contribution >= 4 is 23.0 Å². The molecule has 1 aliphatic carbocycles. The number of hydrogen-bond donors (Lipinski definition) is 0. The summed E-state index contributed by atoms with van der Waals surface area (Å²) in [5.41, 5.74) is -0.724. The highest BCUT2D eigenvalue weighted by molar-refractivity contribution is 6.33. The Kier molecular flexibility index (Phi) is 2.83. The molecule has 0 aromatic carbocycles. The first kappa shape index (κ1) is 13.4. The van der Waals surface area contributed by atoms with Crippen molar-refractivity contribution in [2.24, 2.45) is 0 Å². The van der Waals surface area contributed by atoms with Gasteiger partial charge in [-0.2, -0.15) is 13.2 Å². The molecule has 2 heterocycles. The molecule has 7 heteroatoms. The van der Waals surface area contributed by atoms with Crippen LogP contribution >= 0.6 is 11.6 Å². The van der Waals surface area contributed by atoms with Crippen LogP contribution in [-0.4, -0.2) is 15.2 Å². The molecule has 0 bridgehead atoms. The molecule has 3 rings (SSSR count). The molecular formula is C13H10ClF3N2O. The number of rotatable bonds is 2. The molecule has 0 unspecified atom stereocenters. The Balaban J connectivity index is 2.34. The summed E-state index contributed by atoms with van der Waals surface area (Å²) in [5.74, 6) is -0.320. The van der Waals surface area contributed by atoms with Gasteiger partial charge in [0, 0.05) is 13.1 Å². The quantitative estimate of drug-likeness (QED) is 0.783. The summed E-state index contributed by atoms with van der Waals surface area (Å²) in [7, 11) is 0. The number of carbonyl (C=O) groups is 1. The normalized spacial score (nSPS) is 15.8. The molecule has 0 atom stereocenters. The lowest BCUT2D eigenvalue weighted by Gasteiger charge is -2.10. The third-order valence-electron chi connectivity index (χ3n) is 3.37. The minimum atomic E-state index is -4.53. The van der Waals surface area contributed by atoms with Crippen LogP contribution in [0.2, 0.25) is 5.15 Å².